The Morgan fingerprint density at radius 3 is 2.29 bits per heavy atom. The summed E-state index contributed by atoms with van der Waals surface area (Å²) in [6.45, 7) is 7.92. The quantitative estimate of drug-likeness (QED) is 0.877. The smallest absolute Gasteiger partial charge is 0.256 e. The van der Waals surface area contributed by atoms with E-state index in [9.17, 15) is 9.59 Å². The van der Waals surface area contributed by atoms with Gasteiger partial charge in [0.05, 0.1) is 12.1 Å². The zero-order valence-corrected chi connectivity index (χ0v) is 14.5. The van der Waals surface area contributed by atoms with Crippen LogP contribution in [-0.4, -0.2) is 17.9 Å². The lowest BCUT2D eigenvalue weighted by molar-refractivity contribution is -0.121. The first-order valence-electron chi connectivity index (χ1n) is 8.14. The fourth-order valence-electron chi connectivity index (χ4n) is 3.13. The second-order valence-electron chi connectivity index (χ2n) is 6.58. The number of hydrogen-bond donors (Lipinski definition) is 1. The normalized spacial score (nSPS) is 17.5. The Labute approximate surface area is 142 Å². The van der Waals surface area contributed by atoms with Gasteiger partial charge in [-0.2, -0.15) is 0 Å². The summed E-state index contributed by atoms with van der Waals surface area (Å²) in [5.74, 6) is -0.345. The fraction of sp³-hybridized carbons (Fsp3) is 0.300. The third-order valence-electron chi connectivity index (χ3n) is 4.46. The molecule has 124 valence electrons. The largest absolute Gasteiger partial charge is 0.373 e. The molecule has 0 bridgehead atoms. The van der Waals surface area contributed by atoms with E-state index in [1.54, 1.807) is 0 Å². The SMILES string of the molecule is Cc1ccc(N2C(=O)C[C@H](Nc3cc(C)ccc3C)C2=O)c(C)c1. The van der Waals surface area contributed by atoms with E-state index < -0.39 is 6.04 Å². The molecule has 4 heteroatoms. The molecule has 1 aliphatic rings. The highest BCUT2D eigenvalue weighted by atomic mass is 16.2. The lowest BCUT2D eigenvalue weighted by Gasteiger charge is -2.19. The second-order valence-corrected chi connectivity index (χ2v) is 6.58. The number of rotatable bonds is 3. The minimum atomic E-state index is -0.515. The maximum absolute atomic E-state index is 12.8. The molecule has 0 spiro atoms. The van der Waals surface area contributed by atoms with Crippen molar-refractivity contribution in [1.82, 2.24) is 0 Å². The van der Waals surface area contributed by atoms with Crippen LogP contribution in [0.1, 0.15) is 28.7 Å². The Balaban J connectivity index is 1.87. The number of amides is 2. The van der Waals surface area contributed by atoms with E-state index in [-0.39, 0.29) is 18.2 Å². The lowest BCUT2D eigenvalue weighted by atomic mass is 10.1. The molecule has 0 aliphatic carbocycles. The highest BCUT2D eigenvalue weighted by molar-refractivity contribution is 6.23. The number of hydrogen-bond acceptors (Lipinski definition) is 3. The number of nitrogens with zero attached hydrogens (tertiary/aromatic N) is 1. The Hall–Kier alpha value is -2.62. The van der Waals surface area contributed by atoms with Gasteiger partial charge < -0.3 is 5.32 Å². The maximum Gasteiger partial charge on any atom is 0.256 e. The molecule has 3 rings (SSSR count). The van der Waals surface area contributed by atoms with Crippen LogP contribution in [0.3, 0.4) is 0 Å². The molecule has 1 atom stereocenters. The standard InChI is InChI=1S/C20H22N2O2/c1-12-6-8-18(15(4)9-12)22-19(23)11-17(20(22)24)21-16-10-13(2)5-7-14(16)3/h5-10,17,21H,11H2,1-4H3/t17-/m0/s1. The summed E-state index contributed by atoms with van der Waals surface area (Å²) in [6, 6.07) is 11.3. The number of carbonyl (C=O) groups is 2. The van der Waals surface area contributed by atoms with Gasteiger partial charge in [0.25, 0.3) is 5.91 Å². The van der Waals surface area contributed by atoms with E-state index in [1.807, 2.05) is 64.1 Å². The van der Waals surface area contributed by atoms with Gasteiger partial charge in [-0.1, -0.05) is 29.8 Å². The second kappa shape index (κ2) is 6.11. The number of nitrogens with one attached hydrogen (secondary N) is 1. The predicted molar refractivity (Wildman–Crippen MR) is 96.4 cm³/mol. The van der Waals surface area contributed by atoms with Gasteiger partial charge in [-0.3, -0.25) is 9.59 Å². The molecule has 0 aromatic heterocycles. The zero-order valence-electron chi connectivity index (χ0n) is 14.5. The molecular formula is C20H22N2O2. The zero-order chi connectivity index (χ0) is 17.4. The van der Waals surface area contributed by atoms with Crippen molar-refractivity contribution >= 4 is 23.2 Å². The van der Waals surface area contributed by atoms with Crippen LogP contribution < -0.4 is 10.2 Å². The average molecular weight is 322 g/mol. The van der Waals surface area contributed by atoms with Gasteiger partial charge in [0.2, 0.25) is 5.91 Å². The van der Waals surface area contributed by atoms with Crippen LogP contribution >= 0.6 is 0 Å². The van der Waals surface area contributed by atoms with Crippen LogP contribution in [0.2, 0.25) is 0 Å². The third kappa shape index (κ3) is 2.92. The summed E-state index contributed by atoms with van der Waals surface area (Å²) < 4.78 is 0. The van der Waals surface area contributed by atoms with Gasteiger partial charge >= 0.3 is 0 Å². The van der Waals surface area contributed by atoms with Crippen LogP contribution in [0.25, 0.3) is 0 Å². The van der Waals surface area contributed by atoms with Crippen molar-refractivity contribution in [2.75, 3.05) is 10.2 Å². The van der Waals surface area contributed by atoms with Gasteiger partial charge in [0, 0.05) is 5.69 Å². The first-order chi connectivity index (χ1) is 11.4. The number of anilines is 2. The number of carbonyl (C=O) groups excluding carboxylic acids is 2. The van der Waals surface area contributed by atoms with Gasteiger partial charge in [-0.25, -0.2) is 4.90 Å². The summed E-state index contributed by atoms with van der Waals surface area (Å²) in [4.78, 5) is 26.6. The molecule has 1 saturated heterocycles. The summed E-state index contributed by atoms with van der Waals surface area (Å²) >= 11 is 0. The molecule has 24 heavy (non-hydrogen) atoms. The molecule has 1 aliphatic heterocycles. The van der Waals surface area contributed by atoms with Crippen molar-refractivity contribution in [3.8, 4) is 0 Å². The van der Waals surface area contributed by atoms with E-state index >= 15 is 0 Å². The van der Waals surface area contributed by atoms with Crippen molar-refractivity contribution in [2.24, 2.45) is 0 Å². The molecule has 1 fully saturated rings. The Kier molecular flexibility index (Phi) is 4.14. The highest BCUT2D eigenvalue weighted by Crippen LogP contribution is 2.29. The molecule has 1 N–H and O–H groups in total. The van der Waals surface area contributed by atoms with Crippen LogP contribution in [0.15, 0.2) is 36.4 Å². The topological polar surface area (TPSA) is 49.4 Å². The first-order valence-corrected chi connectivity index (χ1v) is 8.14. The van der Waals surface area contributed by atoms with Gasteiger partial charge in [0.1, 0.15) is 6.04 Å². The first kappa shape index (κ1) is 16.2. The third-order valence-corrected chi connectivity index (χ3v) is 4.46. The van der Waals surface area contributed by atoms with Crippen molar-refractivity contribution in [3.05, 3.63) is 58.7 Å². The van der Waals surface area contributed by atoms with Crippen LogP contribution in [-0.2, 0) is 9.59 Å². The molecule has 0 radical (unpaired) electrons. The minimum Gasteiger partial charge on any atom is -0.373 e. The van der Waals surface area contributed by atoms with Crippen molar-refractivity contribution in [2.45, 2.75) is 40.2 Å². The van der Waals surface area contributed by atoms with Crippen molar-refractivity contribution in [3.63, 3.8) is 0 Å². The Bertz CT molecular complexity index is 826. The number of benzene rings is 2. The average Bonchev–Trinajstić information content (AvgIpc) is 2.78. The Morgan fingerprint density at radius 2 is 1.58 bits per heavy atom. The predicted octanol–water partition coefficient (Wildman–Crippen LogP) is 3.66. The van der Waals surface area contributed by atoms with E-state index in [4.69, 9.17) is 0 Å². The summed E-state index contributed by atoms with van der Waals surface area (Å²) in [7, 11) is 0. The molecule has 2 amide bonds. The van der Waals surface area contributed by atoms with Crippen LogP contribution in [0.4, 0.5) is 11.4 Å². The van der Waals surface area contributed by atoms with Crippen molar-refractivity contribution in [1.29, 1.82) is 0 Å². The molecule has 0 unspecified atom stereocenters. The highest BCUT2D eigenvalue weighted by Gasteiger charge is 2.40. The van der Waals surface area contributed by atoms with E-state index in [2.05, 4.69) is 5.32 Å². The molecular weight excluding hydrogens is 300 g/mol. The van der Waals surface area contributed by atoms with Crippen LogP contribution in [0, 0.1) is 27.7 Å². The minimum absolute atomic E-state index is 0.158. The van der Waals surface area contributed by atoms with Gasteiger partial charge in [-0.05, 0) is 56.5 Å². The van der Waals surface area contributed by atoms with Gasteiger partial charge in [0.15, 0.2) is 0 Å². The molecule has 2 aromatic carbocycles. The molecule has 4 nitrogen and oxygen atoms in total. The number of aryl methyl sites for hydroxylation is 4. The summed E-state index contributed by atoms with van der Waals surface area (Å²) in [5, 5.41) is 3.25. The summed E-state index contributed by atoms with van der Waals surface area (Å²) in [6.07, 6.45) is 0.180. The molecule has 2 aromatic rings. The fourth-order valence-corrected chi connectivity index (χ4v) is 3.13. The summed E-state index contributed by atoms with van der Waals surface area (Å²) in [5.41, 5.74) is 5.81. The molecule has 0 saturated carbocycles. The Morgan fingerprint density at radius 1 is 0.917 bits per heavy atom. The lowest BCUT2D eigenvalue weighted by Crippen LogP contribution is -2.35. The maximum atomic E-state index is 12.8. The molecule has 1 heterocycles. The van der Waals surface area contributed by atoms with Gasteiger partial charge in [-0.15, -0.1) is 0 Å². The number of imide groups is 1. The van der Waals surface area contributed by atoms with E-state index in [0.29, 0.717) is 5.69 Å². The van der Waals surface area contributed by atoms with E-state index in [0.717, 1.165) is 27.9 Å². The van der Waals surface area contributed by atoms with E-state index in [1.165, 1.54) is 4.90 Å². The van der Waals surface area contributed by atoms with Crippen LogP contribution in [0.5, 0.6) is 0 Å². The van der Waals surface area contributed by atoms with Crippen molar-refractivity contribution < 1.29 is 9.59 Å². The monoisotopic (exact) mass is 322 g/mol.